The molecular formula is C39H51N5O6S. The Balaban J connectivity index is 1.31. The molecule has 274 valence electrons. The number of nitrogens with one attached hydrogen (secondary N) is 1. The van der Waals surface area contributed by atoms with Gasteiger partial charge in [0, 0.05) is 36.3 Å². The van der Waals surface area contributed by atoms with E-state index in [4.69, 9.17) is 9.47 Å². The summed E-state index contributed by atoms with van der Waals surface area (Å²) in [6.45, 7) is 15.6. The molecule has 6 rings (SSSR count). The highest BCUT2D eigenvalue weighted by molar-refractivity contribution is 7.92. The van der Waals surface area contributed by atoms with Crippen LogP contribution in [-0.2, 0) is 19.6 Å². The predicted molar refractivity (Wildman–Crippen MR) is 196 cm³/mol. The highest BCUT2D eigenvalue weighted by atomic mass is 32.2. The number of aromatic nitrogens is 2. The Morgan fingerprint density at radius 3 is 2.35 bits per heavy atom. The van der Waals surface area contributed by atoms with Gasteiger partial charge in [0.15, 0.2) is 0 Å². The molecule has 1 aromatic heterocycles. The molecule has 1 spiro atoms. The van der Waals surface area contributed by atoms with Gasteiger partial charge in [-0.15, -0.1) is 0 Å². The molecule has 3 aromatic rings. The Labute approximate surface area is 302 Å². The first-order valence-electron chi connectivity index (χ1n) is 18.0. The number of nitrogens with zero attached hydrogens (tertiary/aromatic N) is 4. The number of carbonyl (C=O) groups excluding carboxylic acids is 2. The van der Waals surface area contributed by atoms with Crippen LogP contribution in [0.3, 0.4) is 0 Å². The van der Waals surface area contributed by atoms with Crippen molar-refractivity contribution in [2.45, 2.75) is 103 Å². The molecule has 11 nitrogen and oxygen atoms in total. The maximum atomic E-state index is 14.6. The first-order valence-corrected chi connectivity index (χ1v) is 19.5. The lowest BCUT2D eigenvalue weighted by Crippen LogP contribution is -2.60. The SMILES string of the molecule is Cc1cccc(C)c1-c1cc2nc(n1)NS(=O)(=O)c1cccc(c1)C(=O)N(C1CC3(CCN(C(=O)COC(C)(C)C)CC3)C1)[C@H](CC(C)C)CO2. The van der Waals surface area contributed by atoms with Crippen LogP contribution >= 0.6 is 0 Å². The van der Waals surface area contributed by atoms with Gasteiger partial charge in [0.1, 0.15) is 13.2 Å². The lowest BCUT2D eigenvalue weighted by Gasteiger charge is -2.56. The third-order valence-corrected chi connectivity index (χ3v) is 11.7. The van der Waals surface area contributed by atoms with Gasteiger partial charge in [-0.1, -0.05) is 38.1 Å². The number of fused-ring (bicyclic) bond motifs is 4. The Hall–Kier alpha value is -4.03. The van der Waals surface area contributed by atoms with Crippen molar-refractivity contribution in [1.29, 1.82) is 0 Å². The van der Waals surface area contributed by atoms with Gasteiger partial charge in [0.2, 0.25) is 17.7 Å². The molecule has 2 aromatic carbocycles. The lowest BCUT2D eigenvalue weighted by molar-refractivity contribution is -0.145. The molecule has 1 saturated heterocycles. The molecule has 51 heavy (non-hydrogen) atoms. The molecule has 0 unspecified atom stereocenters. The molecule has 1 N–H and O–H groups in total. The summed E-state index contributed by atoms with van der Waals surface area (Å²) in [5, 5.41) is 0. The molecule has 12 heteroatoms. The van der Waals surface area contributed by atoms with Crippen LogP contribution in [0.1, 0.15) is 88.2 Å². The normalized spacial score (nSPS) is 20.5. The van der Waals surface area contributed by atoms with Crippen molar-refractivity contribution < 1.29 is 27.5 Å². The minimum absolute atomic E-state index is 0.0110. The summed E-state index contributed by atoms with van der Waals surface area (Å²) < 4.78 is 42.2. The van der Waals surface area contributed by atoms with E-state index in [0.29, 0.717) is 30.8 Å². The number of hydrogen-bond acceptors (Lipinski definition) is 8. The van der Waals surface area contributed by atoms with E-state index in [1.165, 1.54) is 12.1 Å². The van der Waals surface area contributed by atoms with E-state index >= 15 is 0 Å². The van der Waals surface area contributed by atoms with Crippen LogP contribution in [0, 0.1) is 25.2 Å². The Kier molecular flexibility index (Phi) is 10.2. The zero-order valence-electron chi connectivity index (χ0n) is 30.9. The van der Waals surface area contributed by atoms with Crippen LogP contribution in [0.15, 0.2) is 53.4 Å². The van der Waals surface area contributed by atoms with Crippen LogP contribution in [-0.4, -0.2) is 84.0 Å². The van der Waals surface area contributed by atoms with Gasteiger partial charge < -0.3 is 19.3 Å². The van der Waals surface area contributed by atoms with Crippen molar-refractivity contribution in [1.82, 2.24) is 19.8 Å². The molecular weight excluding hydrogens is 667 g/mol. The highest BCUT2D eigenvalue weighted by Gasteiger charge is 2.51. The third-order valence-electron chi connectivity index (χ3n) is 10.4. The number of benzene rings is 2. The van der Waals surface area contributed by atoms with E-state index < -0.39 is 10.0 Å². The molecule has 0 radical (unpaired) electrons. The maximum Gasteiger partial charge on any atom is 0.264 e. The van der Waals surface area contributed by atoms with Crippen molar-refractivity contribution >= 4 is 27.8 Å². The van der Waals surface area contributed by atoms with Gasteiger partial charge in [-0.2, -0.15) is 4.98 Å². The summed E-state index contributed by atoms with van der Waals surface area (Å²) >= 11 is 0. The fourth-order valence-electron chi connectivity index (χ4n) is 7.78. The summed E-state index contributed by atoms with van der Waals surface area (Å²) in [5.41, 5.74) is 3.35. The maximum absolute atomic E-state index is 14.6. The molecule has 3 heterocycles. The van der Waals surface area contributed by atoms with Gasteiger partial charge >= 0.3 is 0 Å². The molecule has 2 aliphatic heterocycles. The molecule has 3 aliphatic rings. The van der Waals surface area contributed by atoms with Crippen molar-refractivity contribution in [2.75, 3.05) is 31.0 Å². The first kappa shape index (κ1) is 36.8. The van der Waals surface area contributed by atoms with Crippen LogP contribution in [0.25, 0.3) is 11.3 Å². The fraction of sp³-hybridized carbons (Fsp3) is 0.538. The first-order chi connectivity index (χ1) is 24.0. The van der Waals surface area contributed by atoms with Gasteiger partial charge in [0.25, 0.3) is 15.9 Å². The van der Waals surface area contributed by atoms with E-state index in [1.54, 1.807) is 18.2 Å². The van der Waals surface area contributed by atoms with Gasteiger partial charge in [0.05, 0.1) is 22.2 Å². The quantitative estimate of drug-likeness (QED) is 0.310. The predicted octanol–water partition coefficient (Wildman–Crippen LogP) is 6.40. The monoisotopic (exact) mass is 717 g/mol. The molecule has 2 amide bonds. The third kappa shape index (κ3) is 8.22. The number of carbonyl (C=O) groups is 2. The largest absolute Gasteiger partial charge is 0.475 e. The Bertz CT molecular complexity index is 1870. The second-order valence-corrected chi connectivity index (χ2v) is 17.6. The smallest absolute Gasteiger partial charge is 0.264 e. The summed E-state index contributed by atoms with van der Waals surface area (Å²) in [5.74, 6) is 0.167. The number of amides is 2. The number of piperidine rings is 1. The Morgan fingerprint density at radius 2 is 1.71 bits per heavy atom. The van der Waals surface area contributed by atoms with Crippen molar-refractivity contribution in [3.05, 3.63) is 65.2 Å². The molecule has 1 atom stereocenters. The average molecular weight is 718 g/mol. The Morgan fingerprint density at radius 1 is 1.04 bits per heavy atom. The summed E-state index contributed by atoms with van der Waals surface area (Å²) in [7, 11) is -4.15. The van der Waals surface area contributed by atoms with Gasteiger partial charge in [-0.05, 0) is 107 Å². The van der Waals surface area contributed by atoms with E-state index in [0.717, 1.165) is 42.4 Å². The molecule has 1 aliphatic carbocycles. The van der Waals surface area contributed by atoms with E-state index in [-0.39, 0.29) is 70.8 Å². The van der Waals surface area contributed by atoms with Crippen LogP contribution in [0.2, 0.25) is 0 Å². The van der Waals surface area contributed by atoms with E-state index in [2.05, 4.69) is 28.5 Å². The summed E-state index contributed by atoms with van der Waals surface area (Å²) in [4.78, 5) is 40.4. The average Bonchev–Trinajstić information content (AvgIpc) is 3.04. The summed E-state index contributed by atoms with van der Waals surface area (Å²) in [6.07, 6.45) is 4.03. The van der Waals surface area contributed by atoms with Crippen LogP contribution in [0.4, 0.5) is 5.95 Å². The minimum atomic E-state index is -4.15. The lowest BCUT2D eigenvalue weighted by atomic mass is 9.59. The number of ether oxygens (including phenoxy) is 2. The summed E-state index contributed by atoms with van der Waals surface area (Å²) in [6, 6.07) is 13.5. The zero-order chi connectivity index (χ0) is 36.7. The number of rotatable bonds is 6. The second-order valence-electron chi connectivity index (χ2n) is 16.0. The fourth-order valence-corrected chi connectivity index (χ4v) is 8.77. The number of likely N-dealkylation sites (tertiary alicyclic amines) is 1. The second kappa shape index (κ2) is 14.2. The highest BCUT2D eigenvalue weighted by Crippen LogP contribution is 2.52. The topological polar surface area (TPSA) is 131 Å². The van der Waals surface area contributed by atoms with Crippen molar-refractivity contribution in [3.8, 4) is 17.1 Å². The zero-order valence-corrected chi connectivity index (χ0v) is 31.7. The van der Waals surface area contributed by atoms with Crippen molar-refractivity contribution in [3.63, 3.8) is 0 Å². The van der Waals surface area contributed by atoms with Crippen LogP contribution in [0.5, 0.6) is 5.88 Å². The standard InChI is InChI=1S/C39H51N5O6S/c1-25(2)18-29-23-49-33-20-32(35-26(3)10-8-11-27(35)4)40-37(41-33)42-51(47,48)31-13-9-12-28(19-31)36(46)44(29)30-21-39(22-30)14-16-43(17-15-39)34(45)24-50-38(5,6)7/h8-13,19-20,25,29-30H,14-18,21-24H2,1-7H3,(H,40,41,42)/t29-/m1/s1. The van der Waals surface area contributed by atoms with E-state index in [1.807, 2.05) is 62.6 Å². The molecule has 4 bridgehead atoms. The van der Waals surface area contributed by atoms with Crippen molar-refractivity contribution in [2.24, 2.45) is 11.3 Å². The van der Waals surface area contributed by atoms with Gasteiger partial charge in [-0.3, -0.25) is 9.59 Å². The van der Waals surface area contributed by atoms with Crippen LogP contribution < -0.4 is 9.46 Å². The molecule has 2 fully saturated rings. The van der Waals surface area contributed by atoms with Gasteiger partial charge in [-0.25, -0.2) is 18.1 Å². The minimum Gasteiger partial charge on any atom is -0.475 e. The van der Waals surface area contributed by atoms with E-state index in [9.17, 15) is 18.0 Å². The number of hydrogen-bond donors (Lipinski definition) is 1. The molecule has 1 saturated carbocycles. The number of sulfonamides is 1. The number of aryl methyl sites for hydroxylation is 2. The number of anilines is 1.